The second-order valence-corrected chi connectivity index (χ2v) is 5.29. The van der Waals surface area contributed by atoms with Gasteiger partial charge < -0.3 is 20.2 Å². The zero-order valence-electron chi connectivity index (χ0n) is 11.7. The summed E-state index contributed by atoms with van der Waals surface area (Å²) in [4.78, 5) is 16.3. The molecule has 1 aliphatic heterocycles. The summed E-state index contributed by atoms with van der Waals surface area (Å²) in [7, 11) is 4.01. The van der Waals surface area contributed by atoms with Crippen LogP contribution in [0.5, 0.6) is 0 Å². The number of carbonyl (C=O) groups is 1. The molecule has 2 N–H and O–H groups in total. The number of aliphatic hydroxyl groups excluding tert-OH is 1. The van der Waals surface area contributed by atoms with Gasteiger partial charge in [0.25, 0.3) is 0 Å². The van der Waals surface area contributed by atoms with E-state index in [1.54, 1.807) is 0 Å². The Morgan fingerprint density at radius 2 is 2.06 bits per heavy atom. The molecule has 18 heavy (non-hydrogen) atoms. The maximum atomic E-state index is 11.9. The number of amides is 1. The number of carbonyl (C=O) groups excluding carboxylic acids is 1. The Labute approximate surface area is 110 Å². The average molecular weight is 257 g/mol. The van der Waals surface area contributed by atoms with Crippen molar-refractivity contribution in [2.24, 2.45) is 5.92 Å². The summed E-state index contributed by atoms with van der Waals surface area (Å²) in [6.07, 6.45) is 2.72. The van der Waals surface area contributed by atoms with E-state index < -0.39 is 0 Å². The molecule has 0 spiro atoms. The van der Waals surface area contributed by atoms with Gasteiger partial charge in [0, 0.05) is 32.2 Å². The maximum absolute atomic E-state index is 11.9. The Balaban J connectivity index is 2.15. The summed E-state index contributed by atoms with van der Waals surface area (Å²) < 4.78 is 0. The minimum Gasteiger partial charge on any atom is -0.396 e. The lowest BCUT2D eigenvalue weighted by Gasteiger charge is -2.31. The van der Waals surface area contributed by atoms with Crippen molar-refractivity contribution in [3.05, 3.63) is 0 Å². The molecule has 0 saturated carbocycles. The van der Waals surface area contributed by atoms with Crippen molar-refractivity contribution in [3.63, 3.8) is 0 Å². The number of aliphatic hydroxyl groups is 1. The Morgan fingerprint density at radius 1 is 1.39 bits per heavy atom. The van der Waals surface area contributed by atoms with Crippen molar-refractivity contribution in [3.8, 4) is 0 Å². The molecule has 1 heterocycles. The molecule has 0 atom stereocenters. The summed E-state index contributed by atoms with van der Waals surface area (Å²) in [6, 6.07) is 0. The largest absolute Gasteiger partial charge is 0.396 e. The molecule has 0 unspecified atom stereocenters. The number of hydrogen-bond acceptors (Lipinski definition) is 4. The first-order chi connectivity index (χ1) is 8.63. The van der Waals surface area contributed by atoms with Crippen molar-refractivity contribution in [1.29, 1.82) is 0 Å². The van der Waals surface area contributed by atoms with Crippen LogP contribution in [-0.2, 0) is 4.79 Å². The van der Waals surface area contributed by atoms with Crippen molar-refractivity contribution >= 4 is 5.91 Å². The van der Waals surface area contributed by atoms with Gasteiger partial charge in [-0.15, -0.1) is 0 Å². The van der Waals surface area contributed by atoms with Crippen LogP contribution in [0.15, 0.2) is 0 Å². The number of nitrogens with one attached hydrogen (secondary N) is 1. The van der Waals surface area contributed by atoms with Crippen LogP contribution in [0.25, 0.3) is 0 Å². The molecule has 106 valence electrons. The molecule has 1 saturated heterocycles. The zero-order chi connectivity index (χ0) is 13.4. The third-order valence-electron chi connectivity index (χ3n) is 3.45. The molecule has 0 aromatic rings. The lowest BCUT2D eigenvalue weighted by Crippen LogP contribution is -2.42. The molecule has 0 aliphatic carbocycles. The van der Waals surface area contributed by atoms with E-state index in [0.717, 1.165) is 52.0 Å². The van der Waals surface area contributed by atoms with Gasteiger partial charge in [-0.1, -0.05) is 0 Å². The number of rotatable bonds is 7. The van der Waals surface area contributed by atoms with E-state index in [1.807, 2.05) is 14.1 Å². The van der Waals surface area contributed by atoms with Crippen LogP contribution >= 0.6 is 0 Å². The Morgan fingerprint density at radius 3 is 2.61 bits per heavy atom. The summed E-state index contributed by atoms with van der Waals surface area (Å²) >= 11 is 0. The molecular weight excluding hydrogens is 230 g/mol. The first-order valence-corrected chi connectivity index (χ1v) is 6.89. The Kier molecular flexibility index (Phi) is 7.23. The van der Waals surface area contributed by atoms with Crippen molar-refractivity contribution in [2.75, 3.05) is 53.4 Å². The van der Waals surface area contributed by atoms with E-state index in [2.05, 4.69) is 15.1 Å². The fourth-order valence-electron chi connectivity index (χ4n) is 2.26. The maximum Gasteiger partial charge on any atom is 0.223 e. The average Bonchev–Trinajstić information content (AvgIpc) is 2.36. The molecule has 0 aromatic heterocycles. The normalized spacial score (nSPS) is 18.2. The number of likely N-dealkylation sites (N-methyl/N-ethyl adjacent to an activating group) is 1. The van der Waals surface area contributed by atoms with Crippen LogP contribution in [0.4, 0.5) is 0 Å². The number of nitrogens with zero attached hydrogens (tertiary/aromatic N) is 2. The number of hydrogen-bond donors (Lipinski definition) is 2. The third kappa shape index (κ3) is 5.80. The standard InChI is InChI=1S/C13H27N3O2/c1-15(2)10-6-14-13(18)12-4-8-16(9-5-12)7-3-11-17/h12,17H,3-11H2,1-2H3,(H,14,18). The van der Waals surface area contributed by atoms with E-state index in [4.69, 9.17) is 5.11 Å². The van der Waals surface area contributed by atoms with E-state index in [0.29, 0.717) is 0 Å². The molecule has 0 aromatic carbocycles. The molecule has 0 bridgehead atoms. The molecular formula is C13H27N3O2. The molecule has 1 amide bonds. The van der Waals surface area contributed by atoms with Gasteiger partial charge in [0.1, 0.15) is 0 Å². The van der Waals surface area contributed by atoms with E-state index in [1.165, 1.54) is 0 Å². The van der Waals surface area contributed by atoms with Crippen molar-refractivity contribution in [2.45, 2.75) is 19.3 Å². The van der Waals surface area contributed by atoms with E-state index >= 15 is 0 Å². The molecule has 1 rings (SSSR count). The Bertz CT molecular complexity index is 238. The lowest BCUT2D eigenvalue weighted by atomic mass is 9.96. The Hall–Kier alpha value is -0.650. The topological polar surface area (TPSA) is 55.8 Å². The summed E-state index contributed by atoms with van der Waals surface area (Å²) in [5, 5.41) is 11.8. The second kappa shape index (κ2) is 8.45. The smallest absolute Gasteiger partial charge is 0.223 e. The third-order valence-corrected chi connectivity index (χ3v) is 3.45. The van der Waals surface area contributed by atoms with Gasteiger partial charge in [-0.3, -0.25) is 4.79 Å². The highest BCUT2D eigenvalue weighted by Gasteiger charge is 2.24. The molecule has 5 nitrogen and oxygen atoms in total. The SMILES string of the molecule is CN(C)CCNC(=O)C1CCN(CCCO)CC1. The van der Waals surface area contributed by atoms with Gasteiger partial charge in [-0.25, -0.2) is 0 Å². The highest BCUT2D eigenvalue weighted by atomic mass is 16.3. The zero-order valence-corrected chi connectivity index (χ0v) is 11.7. The van der Waals surface area contributed by atoms with Gasteiger partial charge in [-0.05, 0) is 46.4 Å². The quantitative estimate of drug-likeness (QED) is 0.661. The van der Waals surface area contributed by atoms with Crippen LogP contribution in [-0.4, -0.2) is 74.2 Å². The van der Waals surface area contributed by atoms with Gasteiger partial charge in [0.2, 0.25) is 5.91 Å². The summed E-state index contributed by atoms with van der Waals surface area (Å²) in [5.74, 6) is 0.385. The predicted octanol–water partition coefficient (Wildman–Crippen LogP) is -0.241. The fraction of sp³-hybridized carbons (Fsp3) is 0.923. The molecule has 5 heteroatoms. The van der Waals surface area contributed by atoms with Crippen LogP contribution in [0.1, 0.15) is 19.3 Å². The van der Waals surface area contributed by atoms with Gasteiger partial charge in [0.15, 0.2) is 0 Å². The van der Waals surface area contributed by atoms with Crippen LogP contribution in [0.2, 0.25) is 0 Å². The van der Waals surface area contributed by atoms with Crippen LogP contribution < -0.4 is 5.32 Å². The van der Waals surface area contributed by atoms with Crippen molar-refractivity contribution < 1.29 is 9.90 Å². The first kappa shape index (κ1) is 15.4. The molecule has 1 aliphatic rings. The van der Waals surface area contributed by atoms with E-state index in [-0.39, 0.29) is 18.4 Å². The highest BCUT2D eigenvalue weighted by Crippen LogP contribution is 2.17. The number of likely N-dealkylation sites (tertiary alicyclic amines) is 1. The summed E-state index contributed by atoms with van der Waals surface area (Å²) in [6.45, 7) is 4.78. The minimum absolute atomic E-state index is 0.178. The monoisotopic (exact) mass is 257 g/mol. The van der Waals surface area contributed by atoms with Crippen molar-refractivity contribution in [1.82, 2.24) is 15.1 Å². The van der Waals surface area contributed by atoms with Gasteiger partial charge in [-0.2, -0.15) is 0 Å². The molecule has 0 radical (unpaired) electrons. The second-order valence-electron chi connectivity index (χ2n) is 5.29. The molecule has 1 fully saturated rings. The van der Waals surface area contributed by atoms with Crippen LogP contribution in [0, 0.1) is 5.92 Å². The summed E-state index contributed by atoms with van der Waals surface area (Å²) in [5.41, 5.74) is 0. The fourth-order valence-corrected chi connectivity index (χ4v) is 2.26. The van der Waals surface area contributed by atoms with Gasteiger partial charge in [0.05, 0.1) is 0 Å². The number of piperidine rings is 1. The van der Waals surface area contributed by atoms with Gasteiger partial charge >= 0.3 is 0 Å². The van der Waals surface area contributed by atoms with E-state index in [9.17, 15) is 4.79 Å². The predicted molar refractivity (Wildman–Crippen MR) is 72.4 cm³/mol. The minimum atomic E-state index is 0.178. The lowest BCUT2D eigenvalue weighted by molar-refractivity contribution is -0.126. The van der Waals surface area contributed by atoms with Crippen LogP contribution in [0.3, 0.4) is 0 Å². The highest BCUT2D eigenvalue weighted by molar-refractivity contribution is 5.78. The first-order valence-electron chi connectivity index (χ1n) is 6.89.